The largest absolute Gasteiger partial charge is 0.501 e. The Morgan fingerprint density at radius 2 is 2.06 bits per heavy atom. The van der Waals surface area contributed by atoms with E-state index in [4.69, 9.17) is 5.73 Å². The van der Waals surface area contributed by atoms with E-state index in [-0.39, 0.29) is 16.9 Å². The highest BCUT2D eigenvalue weighted by Gasteiger charge is 2.36. The van der Waals surface area contributed by atoms with Crippen LogP contribution in [0.1, 0.15) is 31.2 Å². The van der Waals surface area contributed by atoms with Crippen molar-refractivity contribution in [2.75, 3.05) is 6.54 Å². The predicted molar refractivity (Wildman–Crippen MR) is 71.7 cm³/mol. The molecular formula is C12H15BrN2O3. The van der Waals surface area contributed by atoms with Gasteiger partial charge in [0.2, 0.25) is 5.75 Å². The van der Waals surface area contributed by atoms with Crippen molar-refractivity contribution in [3.8, 4) is 5.75 Å². The zero-order valence-corrected chi connectivity index (χ0v) is 11.4. The highest BCUT2D eigenvalue weighted by Crippen LogP contribution is 2.45. The third kappa shape index (κ3) is 2.10. The molecular weight excluding hydrogens is 300 g/mol. The Bertz CT molecular complexity index is 484. The van der Waals surface area contributed by atoms with Gasteiger partial charge in [-0.2, -0.15) is 0 Å². The van der Waals surface area contributed by atoms with Gasteiger partial charge in [-0.15, -0.1) is 0 Å². The first kappa shape index (κ1) is 13.3. The van der Waals surface area contributed by atoms with Gasteiger partial charge in [-0.3, -0.25) is 10.1 Å². The van der Waals surface area contributed by atoms with Gasteiger partial charge < -0.3 is 10.8 Å². The van der Waals surface area contributed by atoms with Crippen LogP contribution < -0.4 is 5.73 Å². The van der Waals surface area contributed by atoms with Gasteiger partial charge in [0, 0.05) is 18.0 Å². The molecule has 0 saturated heterocycles. The fourth-order valence-corrected chi connectivity index (χ4v) is 3.14. The maximum atomic E-state index is 10.9. The summed E-state index contributed by atoms with van der Waals surface area (Å²) in [5.74, 6) is -0.325. The van der Waals surface area contributed by atoms with E-state index in [0.29, 0.717) is 11.0 Å². The second-order valence-electron chi connectivity index (χ2n) is 4.77. The summed E-state index contributed by atoms with van der Waals surface area (Å²) in [7, 11) is 0. The Morgan fingerprint density at radius 1 is 1.44 bits per heavy atom. The number of phenols is 1. The van der Waals surface area contributed by atoms with Crippen molar-refractivity contribution in [2.45, 2.75) is 31.1 Å². The van der Waals surface area contributed by atoms with Gasteiger partial charge in [0.15, 0.2) is 0 Å². The Hall–Kier alpha value is -1.14. The normalized spacial score (nSPS) is 17.9. The molecule has 0 unspecified atom stereocenters. The molecule has 6 heteroatoms. The van der Waals surface area contributed by atoms with Crippen molar-refractivity contribution in [2.24, 2.45) is 5.73 Å². The van der Waals surface area contributed by atoms with Crippen molar-refractivity contribution in [3.05, 3.63) is 32.3 Å². The summed E-state index contributed by atoms with van der Waals surface area (Å²) in [6, 6.07) is 3.21. The van der Waals surface area contributed by atoms with Crippen LogP contribution in [-0.2, 0) is 5.41 Å². The number of benzene rings is 1. The molecule has 5 nitrogen and oxygen atoms in total. The zero-order chi connectivity index (χ0) is 13.3. The SMILES string of the molecule is NCC1(c2cc(Br)c(O)c([N+](=O)[O-])c2)CCCC1. The van der Waals surface area contributed by atoms with E-state index in [1.54, 1.807) is 6.07 Å². The number of nitro groups is 1. The topological polar surface area (TPSA) is 89.4 Å². The van der Waals surface area contributed by atoms with Gasteiger partial charge in [-0.1, -0.05) is 12.8 Å². The summed E-state index contributed by atoms with van der Waals surface area (Å²) in [6.45, 7) is 0.474. The van der Waals surface area contributed by atoms with E-state index in [2.05, 4.69) is 15.9 Å². The number of aromatic hydroxyl groups is 1. The van der Waals surface area contributed by atoms with E-state index in [0.717, 1.165) is 31.2 Å². The van der Waals surface area contributed by atoms with Crippen LogP contribution >= 0.6 is 15.9 Å². The summed E-state index contributed by atoms with van der Waals surface area (Å²) in [6.07, 6.45) is 4.06. The lowest BCUT2D eigenvalue weighted by Crippen LogP contribution is -2.32. The van der Waals surface area contributed by atoms with Crippen LogP contribution in [0, 0.1) is 10.1 Å². The molecule has 0 spiro atoms. The average Bonchev–Trinajstić information content (AvgIpc) is 2.82. The Labute approximate surface area is 113 Å². The summed E-state index contributed by atoms with van der Waals surface area (Å²) in [5.41, 5.74) is 6.27. The number of hydrogen-bond donors (Lipinski definition) is 2. The van der Waals surface area contributed by atoms with E-state index >= 15 is 0 Å². The number of phenolic OH excluding ortho intramolecular Hbond substituents is 1. The molecule has 0 bridgehead atoms. The summed E-state index contributed by atoms with van der Waals surface area (Å²) in [5, 5.41) is 20.6. The third-order valence-corrected chi connectivity index (χ3v) is 4.41. The third-order valence-electron chi connectivity index (χ3n) is 3.80. The summed E-state index contributed by atoms with van der Waals surface area (Å²) >= 11 is 3.17. The molecule has 1 aliphatic carbocycles. The lowest BCUT2D eigenvalue weighted by Gasteiger charge is -2.28. The van der Waals surface area contributed by atoms with Gasteiger partial charge in [-0.25, -0.2) is 0 Å². The molecule has 3 N–H and O–H groups in total. The Kier molecular flexibility index (Phi) is 3.59. The Balaban J connectivity index is 2.54. The number of rotatable bonds is 3. The van der Waals surface area contributed by atoms with E-state index in [1.807, 2.05) is 0 Å². The minimum atomic E-state index is -0.567. The second kappa shape index (κ2) is 4.85. The molecule has 0 heterocycles. The number of halogens is 1. The van der Waals surface area contributed by atoms with Crippen LogP contribution in [0.15, 0.2) is 16.6 Å². The van der Waals surface area contributed by atoms with Gasteiger partial charge >= 0.3 is 5.69 Å². The first-order valence-corrected chi connectivity index (χ1v) is 6.67. The number of hydrogen-bond acceptors (Lipinski definition) is 4. The first-order chi connectivity index (χ1) is 8.50. The smallest absolute Gasteiger partial charge is 0.312 e. The van der Waals surface area contributed by atoms with Crippen molar-refractivity contribution < 1.29 is 10.0 Å². The zero-order valence-electron chi connectivity index (χ0n) is 9.86. The van der Waals surface area contributed by atoms with Gasteiger partial charge in [0.05, 0.1) is 9.40 Å². The monoisotopic (exact) mass is 314 g/mol. The highest BCUT2D eigenvalue weighted by atomic mass is 79.9. The quantitative estimate of drug-likeness (QED) is 0.663. The van der Waals surface area contributed by atoms with Gasteiger partial charge in [-0.05, 0) is 40.4 Å². The molecule has 2 rings (SSSR count). The van der Waals surface area contributed by atoms with E-state index in [9.17, 15) is 15.2 Å². The highest BCUT2D eigenvalue weighted by molar-refractivity contribution is 9.10. The standard InChI is InChI=1S/C12H15BrN2O3/c13-9-5-8(6-10(11(9)16)15(17)18)12(7-14)3-1-2-4-12/h5-6,16H,1-4,7,14H2. The lowest BCUT2D eigenvalue weighted by atomic mass is 9.79. The maximum Gasteiger partial charge on any atom is 0.312 e. The molecule has 0 atom stereocenters. The molecule has 0 radical (unpaired) electrons. The first-order valence-electron chi connectivity index (χ1n) is 5.87. The second-order valence-corrected chi connectivity index (χ2v) is 5.63. The van der Waals surface area contributed by atoms with Crippen LogP contribution in [0.4, 0.5) is 5.69 Å². The van der Waals surface area contributed by atoms with Crippen molar-refractivity contribution in [1.29, 1.82) is 0 Å². The maximum absolute atomic E-state index is 10.9. The molecule has 1 aromatic rings. The molecule has 0 amide bonds. The number of nitro benzene ring substituents is 1. The molecule has 1 saturated carbocycles. The molecule has 1 aliphatic rings. The van der Waals surface area contributed by atoms with Crippen LogP contribution in [0.3, 0.4) is 0 Å². The van der Waals surface area contributed by atoms with Crippen molar-refractivity contribution >= 4 is 21.6 Å². The van der Waals surface area contributed by atoms with Gasteiger partial charge in [0.25, 0.3) is 0 Å². The molecule has 1 aromatic carbocycles. The van der Waals surface area contributed by atoms with E-state index in [1.165, 1.54) is 6.07 Å². The predicted octanol–water partition coefficient (Wildman–Crippen LogP) is 2.83. The van der Waals surface area contributed by atoms with Crippen molar-refractivity contribution in [3.63, 3.8) is 0 Å². The minimum absolute atomic E-state index is 0.180. The minimum Gasteiger partial charge on any atom is -0.501 e. The van der Waals surface area contributed by atoms with E-state index < -0.39 is 4.92 Å². The fourth-order valence-electron chi connectivity index (χ4n) is 2.69. The molecule has 0 aromatic heterocycles. The summed E-state index contributed by atoms with van der Waals surface area (Å²) in [4.78, 5) is 10.4. The number of nitrogens with two attached hydrogens (primary N) is 1. The van der Waals surface area contributed by atoms with Crippen LogP contribution in [0.5, 0.6) is 5.75 Å². The molecule has 18 heavy (non-hydrogen) atoms. The van der Waals surface area contributed by atoms with Crippen LogP contribution in [-0.4, -0.2) is 16.6 Å². The fraction of sp³-hybridized carbons (Fsp3) is 0.500. The molecule has 0 aliphatic heterocycles. The Morgan fingerprint density at radius 3 is 2.56 bits per heavy atom. The average molecular weight is 315 g/mol. The lowest BCUT2D eigenvalue weighted by molar-refractivity contribution is -0.386. The van der Waals surface area contributed by atoms with Crippen molar-refractivity contribution in [1.82, 2.24) is 0 Å². The van der Waals surface area contributed by atoms with Crippen LogP contribution in [0.2, 0.25) is 0 Å². The molecule has 1 fully saturated rings. The van der Waals surface area contributed by atoms with Crippen LogP contribution in [0.25, 0.3) is 0 Å². The molecule has 98 valence electrons. The number of nitrogens with zero attached hydrogens (tertiary/aromatic N) is 1. The summed E-state index contributed by atoms with van der Waals surface area (Å²) < 4.78 is 0.353. The van der Waals surface area contributed by atoms with Gasteiger partial charge in [0.1, 0.15) is 0 Å².